The fourth-order valence-electron chi connectivity index (χ4n) is 3.44. The van der Waals surface area contributed by atoms with Crippen LogP contribution in [0.25, 0.3) is 0 Å². The third-order valence-corrected chi connectivity index (χ3v) is 5.32. The molecule has 6 heteroatoms. The van der Waals surface area contributed by atoms with Crippen molar-refractivity contribution in [3.63, 3.8) is 0 Å². The monoisotopic (exact) mass is 311 g/mol. The minimum atomic E-state index is 0.258. The van der Waals surface area contributed by atoms with Crippen molar-refractivity contribution in [2.24, 2.45) is 0 Å². The van der Waals surface area contributed by atoms with E-state index >= 15 is 0 Å². The Bertz CT molecular complexity index is 415. The van der Waals surface area contributed by atoms with Gasteiger partial charge < -0.3 is 14.8 Å². The molecule has 1 saturated heterocycles. The molecule has 118 valence electrons. The van der Waals surface area contributed by atoms with Crippen LogP contribution in [0.2, 0.25) is 0 Å². The standard InChI is InChI=1S/C15H25N3O2S/c1-2-20-13-7-15(8-13,18-3-5-19-6-4-18)11-16-9-14-10-17-12-21-14/h10,12-13,16H,2-9,11H2,1H3. The molecule has 2 heterocycles. The van der Waals surface area contributed by atoms with Crippen LogP contribution in [-0.2, 0) is 16.0 Å². The van der Waals surface area contributed by atoms with Crippen molar-refractivity contribution in [1.29, 1.82) is 0 Å². The maximum Gasteiger partial charge on any atom is 0.0794 e. The predicted octanol–water partition coefficient (Wildman–Crippen LogP) is 1.50. The molecule has 5 nitrogen and oxygen atoms in total. The summed E-state index contributed by atoms with van der Waals surface area (Å²) in [6, 6.07) is 0. The summed E-state index contributed by atoms with van der Waals surface area (Å²) in [5.41, 5.74) is 2.15. The van der Waals surface area contributed by atoms with Gasteiger partial charge in [0.05, 0.1) is 24.8 Å². The largest absolute Gasteiger partial charge is 0.379 e. The highest BCUT2D eigenvalue weighted by Crippen LogP contribution is 2.40. The second-order valence-electron chi connectivity index (χ2n) is 5.88. The fraction of sp³-hybridized carbons (Fsp3) is 0.800. The average Bonchev–Trinajstić information content (AvgIpc) is 2.98. The number of ether oxygens (including phenoxy) is 2. The highest BCUT2D eigenvalue weighted by Gasteiger charge is 2.48. The van der Waals surface area contributed by atoms with Crippen molar-refractivity contribution < 1.29 is 9.47 Å². The zero-order valence-electron chi connectivity index (χ0n) is 12.7. The molecule has 1 aromatic rings. The quantitative estimate of drug-likeness (QED) is 0.827. The highest BCUT2D eigenvalue weighted by atomic mass is 32.1. The second-order valence-corrected chi connectivity index (χ2v) is 6.85. The number of hydrogen-bond donors (Lipinski definition) is 1. The SMILES string of the molecule is CCOC1CC(CNCc2cncs2)(N2CCOCC2)C1. The van der Waals surface area contributed by atoms with E-state index in [1.54, 1.807) is 11.3 Å². The lowest BCUT2D eigenvalue weighted by Gasteiger charge is -2.55. The van der Waals surface area contributed by atoms with Gasteiger partial charge in [0.25, 0.3) is 0 Å². The first kappa shape index (κ1) is 15.4. The number of nitrogens with one attached hydrogen (secondary N) is 1. The summed E-state index contributed by atoms with van der Waals surface area (Å²) in [6.07, 6.45) is 4.65. The Morgan fingerprint density at radius 1 is 1.48 bits per heavy atom. The smallest absolute Gasteiger partial charge is 0.0794 e. The molecule has 2 fully saturated rings. The van der Waals surface area contributed by atoms with E-state index in [4.69, 9.17) is 9.47 Å². The van der Waals surface area contributed by atoms with Crippen LogP contribution in [0.4, 0.5) is 0 Å². The Morgan fingerprint density at radius 2 is 2.29 bits per heavy atom. The lowest BCUT2D eigenvalue weighted by Crippen LogP contribution is -2.66. The lowest BCUT2D eigenvalue weighted by molar-refractivity contribution is -0.125. The minimum Gasteiger partial charge on any atom is -0.379 e. The Balaban J connectivity index is 1.54. The van der Waals surface area contributed by atoms with Gasteiger partial charge in [0, 0.05) is 49.4 Å². The van der Waals surface area contributed by atoms with Crippen LogP contribution in [-0.4, -0.2) is 61.0 Å². The van der Waals surface area contributed by atoms with Crippen LogP contribution in [0.5, 0.6) is 0 Å². The molecule has 0 aromatic carbocycles. The minimum absolute atomic E-state index is 0.258. The van der Waals surface area contributed by atoms with Gasteiger partial charge in [-0.05, 0) is 19.8 Å². The van der Waals surface area contributed by atoms with Crippen molar-refractivity contribution in [3.8, 4) is 0 Å². The zero-order valence-corrected chi connectivity index (χ0v) is 13.5. The Morgan fingerprint density at radius 3 is 2.95 bits per heavy atom. The molecule has 1 saturated carbocycles. The van der Waals surface area contributed by atoms with Crippen LogP contribution in [0.1, 0.15) is 24.6 Å². The molecule has 21 heavy (non-hydrogen) atoms. The summed E-state index contributed by atoms with van der Waals surface area (Å²) in [5.74, 6) is 0. The number of morpholine rings is 1. The topological polar surface area (TPSA) is 46.6 Å². The van der Waals surface area contributed by atoms with E-state index in [0.717, 1.165) is 58.8 Å². The molecule has 1 N–H and O–H groups in total. The van der Waals surface area contributed by atoms with Gasteiger partial charge in [0.2, 0.25) is 0 Å². The van der Waals surface area contributed by atoms with E-state index in [1.807, 2.05) is 11.7 Å². The predicted molar refractivity (Wildman–Crippen MR) is 83.6 cm³/mol. The summed E-state index contributed by atoms with van der Waals surface area (Å²) in [6.45, 7) is 8.63. The molecule has 2 aliphatic rings. The molecule has 0 spiro atoms. The van der Waals surface area contributed by atoms with Crippen LogP contribution < -0.4 is 5.32 Å². The molecule has 1 aliphatic heterocycles. The molecule has 0 bridgehead atoms. The highest BCUT2D eigenvalue weighted by molar-refractivity contribution is 7.09. The Labute approximate surface area is 130 Å². The maximum atomic E-state index is 5.78. The van der Waals surface area contributed by atoms with Crippen molar-refractivity contribution in [3.05, 3.63) is 16.6 Å². The van der Waals surface area contributed by atoms with Crippen LogP contribution in [0.3, 0.4) is 0 Å². The third kappa shape index (κ3) is 3.63. The first-order valence-electron chi connectivity index (χ1n) is 7.85. The van der Waals surface area contributed by atoms with Crippen molar-refractivity contribution in [2.45, 2.75) is 38.0 Å². The van der Waals surface area contributed by atoms with E-state index < -0.39 is 0 Å². The number of hydrogen-bond acceptors (Lipinski definition) is 6. The van der Waals surface area contributed by atoms with E-state index in [-0.39, 0.29) is 5.54 Å². The normalized spacial score (nSPS) is 30.2. The van der Waals surface area contributed by atoms with Crippen LogP contribution >= 0.6 is 11.3 Å². The van der Waals surface area contributed by atoms with E-state index in [0.29, 0.717) is 6.10 Å². The van der Waals surface area contributed by atoms with Gasteiger partial charge in [-0.15, -0.1) is 11.3 Å². The summed E-state index contributed by atoms with van der Waals surface area (Å²) in [7, 11) is 0. The van der Waals surface area contributed by atoms with Gasteiger partial charge in [0.15, 0.2) is 0 Å². The summed E-state index contributed by atoms with van der Waals surface area (Å²) in [5, 5.41) is 3.62. The first-order valence-corrected chi connectivity index (χ1v) is 8.73. The number of aromatic nitrogens is 1. The summed E-state index contributed by atoms with van der Waals surface area (Å²) >= 11 is 1.71. The third-order valence-electron chi connectivity index (χ3n) is 4.54. The number of rotatable bonds is 7. The molecule has 1 aromatic heterocycles. The molecular formula is C15H25N3O2S. The van der Waals surface area contributed by atoms with Gasteiger partial charge in [-0.1, -0.05) is 0 Å². The van der Waals surface area contributed by atoms with Gasteiger partial charge in [0.1, 0.15) is 0 Å². The van der Waals surface area contributed by atoms with E-state index in [1.165, 1.54) is 4.88 Å². The molecule has 3 rings (SSSR count). The van der Waals surface area contributed by atoms with Crippen molar-refractivity contribution >= 4 is 11.3 Å². The first-order chi connectivity index (χ1) is 10.3. The number of nitrogens with zero attached hydrogens (tertiary/aromatic N) is 2. The van der Waals surface area contributed by atoms with Crippen LogP contribution in [0, 0.1) is 0 Å². The molecule has 1 aliphatic carbocycles. The second kappa shape index (κ2) is 7.15. The lowest BCUT2D eigenvalue weighted by atomic mass is 9.72. The van der Waals surface area contributed by atoms with Crippen LogP contribution in [0.15, 0.2) is 11.7 Å². The molecule has 0 radical (unpaired) electrons. The van der Waals surface area contributed by atoms with Gasteiger partial charge in [-0.25, -0.2) is 0 Å². The summed E-state index contributed by atoms with van der Waals surface area (Å²) in [4.78, 5) is 8.03. The van der Waals surface area contributed by atoms with Crippen molar-refractivity contribution in [1.82, 2.24) is 15.2 Å². The molecule has 0 amide bonds. The maximum absolute atomic E-state index is 5.78. The fourth-order valence-corrected chi connectivity index (χ4v) is 4.01. The molecule has 0 unspecified atom stereocenters. The number of thiazole rings is 1. The van der Waals surface area contributed by atoms with E-state index in [9.17, 15) is 0 Å². The zero-order chi connectivity index (χ0) is 14.5. The Hall–Kier alpha value is -0.530. The molecule has 0 atom stereocenters. The Kier molecular flexibility index (Phi) is 5.24. The molecular weight excluding hydrogens is 286 g/mol. The average molecular weight is 311 g/mol. The van der Waals surface area contributed by atoms with Gasteiger partial charge in [-0.2, -0.15) is 0 Å². The van der Waals surface area contributed by atoms with Gasteiger partial charge >= 0.3 is 0 Å². The van der Waals surface area contributed by atoms with E-state index in [2.05, 4.69) is 22.1 Å². The summed E-state index contributed by atoms with van der Waals surface area (Å²) < 4.78 is 11.3. The van der Waals surface area contributed by atoms with Gasteiger partial charge in [-0.3, -0.25) is 9.88 Å². The van der Waals surface area contributed by atoms with Crippen molar-refractivity contribution in [2.75, 3.05) is 39.5 Å².